The van der Waals surface area contributed by atoms with E-state index in [4.69, 9.17) is 9.84 Å². The number of thioether (sulfide) groups is 1. The number of rotatable bonds is 5. The third-order valence-electron chi connectivity index (χ3n) is 5.90. The minimum atomic E-state index is -0.559. The molecule has 0 spiro atoms. The number of ether oxygens (including phenoxy) is 1. The first-order valence-electron chi connectivity index (χ1n) is 11.2. The highest BCUT2D eigenvalue weighted by atomic mass is 32.2. The maximum atomic E-state index is 12.6. The Bertz CT molecular complexity index is 1460. The summed E-state index contributed by atoms with van der Waals surface area (Å²) in [4.78, 5) is 36.8. The fraction of sp³-hybridized carbons (Fsp3) is 0.240. The molecule has 4 aromatic rings. The van der Waals surface area contributed by atoms with Crippen LogP contribution in [-0.4, -0.2) is 64.1 Å². The Morgan fingerprint density at radius 1 is 1.22 bits per heavy atom. The Labute approximate surface area is 216 Å². The van der Waals surface area contributed by atoms with Crippen LogP contribution in [0.4, 0.5) is 9.93 Å². The number of nitrogens with zero attached hydrogens (tertiary/aromatic N) is 5. The van der Waals surface area contributed by atoms with Gasteiger partial charge in [-0.15, -0.1) is 11.8 Å². The molecule has 0 fully saturated rings. The molecule has 5 rings (SSSR count). The number of thiazole rings is 1. The Balaban J connectivity index is 1.71. The molecular formula is C25H24N6O3S2. The van der Waals surface area contributed by atoms with Crippen LogP contribution in [0.15, 0.2) is 47.6 Å². The maximum Gasteiger partial charge on any atom is 0.413 e. The van der Waals surface area contributed by atoms with E-state index in [-0.39, 0.29) is 5.91 Å². The number of carbonyl (C=O) groups excluding carboxylic acids is 2. The molecule has 0 saturated heterocycles. The molecule has 1 N–H and O–H groups in total. The highest BCUT2D eigenvalue weighted by Gasteiger charge is 2.31. The number of methoxy groups -OCH3 is 1. The van der Waals surface area contributed by atoms with Gasteiger partial charge in [0.1, 0.15) is 0 Å². The SMILES string of the molecule is COC(=O)Nc1nc2c(s1)-c1c(c(-c3cccnc3)nn1-c1ccc(C(=O)N(C)C)cc1SC)CC2. The van der Waals surface area contributed by atoms with Crippen molar-refractivity contribution in [2.24, 2.45) is 0 Å². The van der Waals surface area contributed by atoms with Gasteiger partial charge in [-0.25, -0.2) is 14.5 Å². The first kappa shape index (κ1) is 24.0. The molecule has 3 heterocycles. The number of amides is 2. The van der Waals surface area contributed by atoms with Gasteiger partial charge < -0.3 is 9.64 Å². The molecule has 1 aliphatic carbocycles. The smallest absolute Gasteiger partial charge is 0.413 e. The summed E-state index contributed by atoms with van der Waals surface area (Å²) in [5, 5.41) is 8.24. The summed E-state index contributed by atoms with van der Waals surface area (Å²) in [7, 11) is 4.81. The Kier molecular flexibility index (Phi) is 6.50. The average Bonchev–Trinajstić information content (AvgIpc) is 3.49. The lowest BCUT2D eigenvalue weighted by Gasteiger charge is -2.17. The molecular weight excluding hydrogens is 496 g/mol. The number of nitrogens with one attached hydrogen (secondary N) is 1. The zero-order valence-corrected chi connectivity index (χ0v) is 21.9. The molecule has 11 heteroatoms. The lowest BCUT2D eigenvalue weighted by molar-refractivity contribution is 0.0827. The van der Waals surface area contributed by atoms with E-state index in [2.05, 4.69) is 15.3 Å². The number of fused-ring (bicyclic) bond motifs is 3. The van der Waals surface area contributed by atoms with Crippen LogP contribution in [0.5, 0.6) is 0 Å². The van der Waals surface area contributed by atoms with Crippen molar-refractivity contribution in [3.05, 3.63) is 59.5 Å². The lowest BCUT2D eigenvalue weighted by atomic mass is 9.95. The minimum Gasteiger partial charge on any atom is -0.453 e. The molecule has 0 unspecified atom stereocenters. The summed E-state index contributed by atoms with van der Waals surface area (Å²) < 4.78 is 6.68. The van der Waals surface area contributed by atoms with Gasteiger partial charge in [0.2, 0.25) is 0 Å². The molecule has 0 aliphatic heterocycles. The van der Waals surface area contributed by atoms with Crippen molar-refractivity contribution < 1.29 is 14.3 Å². The zero-order valence-electron chi connectivity index (χ0n) is 20.2. The molecule has 3 aromatic heterocycles. The Morgan fingerprint density at radius 2 is 2.06 bits per heavy atom. The summed E-state index contributed by atoms with van der Waals surface area (Å²) in [5.74, 6) is -0.0568. The number of pyridine rings is 1. The van der Waals surface area contributed by atoms with Crippen LogP contribution in [0.3, 0.4) is 0 Å². The molecule has 9 nitrogen and oxygen atoms in total. The number of benzene rings is 1. The van der Waals surface area contributed by atoms with Crippen LogP contribution in [0.25, 0.3) is 27.5 Å². The molecule has 0 bridgehead atoms. The van der Waals surface area contributed by atoms with Gasteiger partial charge in [-0.2, -0.15) is 5.10 Å². The number of anilines is 1. The van der Waals surface area contributed by atoms with Crippen molar-refractivity contribution in [2.75, 3.05) is 32.8 Å². The lowest BCUT2D eigenvalue weighted by Crippen LogP contribution is -2.21. The second kappa shape index (κ2) is 9.75. The van der Waals surface area contributed by atoms with Crippen LogP contribution in [0, 0.1) is 0 Å². The quantitative estimate of drug-likeness (QED) is 0.379. The van der Waals surface area contributed by atoms with Crippen molar-refractivity contribution in [3.8, 4) is 27.5 Å². The Hall–Kier alpha value is -3.70. The third-order valence-corrected chi connectivity index (χ3v) is 7.68. The maximum absolute atomic E-state index is 12.6. The van der Waals surface area contributed by atoms with Crippen molar-refractivity contribution in [1.82, 2.24) is 24.6 Å². The van der Waals surface area contributed by atoms with Gasteiger partial charge >= 0.3 is 6.09 Å². The van der Waals surface area contributed by atoms with E-state index < -0.39 is 6.09 Å². The third kappa shape index (κ3) is 4.24. The van der Waals surface area contributed by atoms with Gasteiger partial charge in [-0.3, -0.25) is 15.1 Å². The van der Waals surface area contributed by atoms with Gasteiger partial charge in [-0.05, 0) is 49.4 Å². The molecule has 0 saturated carbocycles. The Morgan fingerprint density at radius 3 is 2.75 bits per heavy atom. The van der Waals surface area contributed by atoms with Gasteiger partial charge in [0, 0.05) is 48.1 Å². The molecule has 2 amide bonds. The van der Waals surface area contributed by atoms with Gasteiger partial charge in [0.05, 0.1) is 34.8 Å². The summed E-state index contributed by atoms with van der Waals surface area (Å²) in [6.45, 7) is 0. The van der Waals surface area contributed by atoms with Crippen molar-refractivity contribution in [3.63, 3.8) is 0 Å². The number of aromatic nitrogens is 4. The molecule has 0 radical (unpaired) electrons. The van der Waals surface area contributed by atoms with E-state index >= 15 is 0 Å². The van der Waals surface area contributed by atoms with E-state index in [9.17, 15) is 9.59 Å². The van der Waals surface area contributed by atoms with Crippen LogP contribution in [0.1, 0.15) is 21.6 Å². The zero-order chi connectivity index (χ0) is 25.4. The van der Waals surface area contributed by atoms with Gasteiger partial charge in [0.15, 0.2) is 5.13 Å². The minimum absolute atomic E-state index is 0.0568. The molecule has 0 atom stereocenters. The van der Waals surface area contributed by atoms with E-state index in [1.54, 1.807) is 37.0 Å². The highest BCUT2D eigenvalue weighted by molar-refractivity contribution is 7.98. The topological polar surface area (TPSA) is 102 Å². The summed E-state index contributed by atoms with van der Waals surface area (Å²) in [5.41, 5.74) is 6.22. The molecule has 1 aromatic carbocycles. The summed E-state index contributed by atoms with van der Waals surface area (Å²) in [6.07, 6.45) is 6.46. The average molecular weight is 521 g/mol. The first-order valence-corrected chi connectivity index (χ1v) is 13.2. The number of aryl methyl sites for hydroxylation is 1. The van der Waals surface area contributed by atoms with E-state index in [1.165, 1.54) is 18.4 Å². The van der Waals surface area contributed by atoms with E-state index in [0.29, 0.717) is 10.7 Å². The van der Waals surface area contributed by atoms with Gasteiger partial charge in [-0.1, -0.05) is 11.3 Å². The molecule has 36 heavy (non-hydrogen) atoms. The molecule has 1 aliphatic rings. The first-order chi connectivity index (χ1) is 17.4. The van der Waals surface area contributed by atoms with Crippen LogP contribution >= 0.6 is 23.1 Å². The monoisotopic (exact) mass is 520 g/mol. The number of hydrogen-bond donors (Lipinski definition) is 1. The van der Waals surface area contributed by atoms with Crippen molar-refractivity contribution in [2.45, 2.75) is 17.7 Å². The predicted molar refractivity (Wildman–Crippen MR) is 141 cm³/mol. The fourth-order valence-corrected chi connectivity index (χ4v) is 5.88. The standard InChI is InChI=1S/C25H24N6O3S2/c1-30(2)23(32)14-7-10-18(19(12-14)35-4)31-21-16(20(29-31)15-6-5-11-26-13-15)8-9-17-22(21)36-24(27-17)28-25(33)34-3/h5-7,10-13H,8-9H2,1-4H3,(H,27,28,33). The van der Waals surface area contributed by atoms with Crippen LogP contribution in [-0.2, 0) is 17.6 Å². The second-order valence-electron chi connectivity index (χ2n) is 8.33. The second-order valence-corrected chi connectivity index (χ2v) is 10.2. The van der Waals surface area contributed by atoms with Crippen LogP contribution in [0.2, 0.25) is 0 Å². The fourth-order valence-electron chi connectivity index (χ4n) is 4.21. The molecule has 184 valence electrons. The van der Waals surface area contributed by atoms with Gasteiger partial charge in [0.25, 0.3) is 5.91 Å². The summed E-state index contributed by atoms with van der Waals surface area (Å²) in [6, 6.07) is 9.57. The number of hydrogen-bond acceptors (Lipinski definition) is 8. The summed E-state index contributed by atoms with van der Waals surface area (Å²) >= 11 is 2.95. The largest absolute Gasteiger partial charge is 0.453 e. The highest BCUT2D eigenvalue weighted by Crippen LogP contribution is 2.45. The van der Waals surface area contributed by atoms with Crippen molar-refractivity contribution in [1.29, 1.82) is 0 Å². The number of carbonyl (C=O) groups is 2. The van der Waals surface area contributed by atoms with Crippen molar-refractivity contribution >= 4 is 40.2 Å². The van der Waals surface area contributed by atoms with E-state index in [1.807, 2.05) is 47.5 Å². The predicted octanol–water partition coefficient (Wildman–Crippen LogP) is 4.76. The van der Waals surface area contributed by atoms with Crippen LogP contribution < -0.4 is 5.32 Å². The van der Waals surface area contributed by atoms with E-state index in [0.717, 1.165) is 56.5 Å². The normalized spacial score (nSPS) is 12.0.